The van der Waals surface area contributed by atoms with Crippen LogP contribution in [0.15, 0.2) is 23.4 Å². The van der Waals surface area contributed by atoms with Crippen molar-refractivity contribution in [2.24, 2.45) is 0 Å². The lowest BCUT2D eigenvalue weighted by molar-refractivity contribution is -0.430. The van der Waals surface area contributed by atoms with Crippen LogP contribution in [0.1, 0.15) is 12.8 Å². The molecule has 0 radical (unpaired) electrons. The number of halogens is 1. The summed E-state index contributed by atoms with van der Waals surface area (Å²) in [4.78, 5) is 9.50. The number of hydrogen-bond acceptors (Lipinski definition) is 3. The van der Waals surface area contributed by atoms with Crippen molar-refractivity contribution in [3.63, 3.8) is 0 Å². The Morgan fingerprint density at radius 3 is 2.75 bits per heavy atom. The van der Waals surface area contributed by atoms with Gasteiger partial charge in [0.25, 0.3) is 5.70 Å². The Labute approximate surface area is 68.5 Å². The van der Waals surface area contributed by atoms with Gasteiger partial charge < -0.3 is 4.74 Å². The first kappa shape index (κ1) is 8.70. The van der Waals surface area contributed by atoms with Crippen LogP contribution in [0.4, 0.5) is 4.39 Å². The lowest BCUT2D eigenvalue weighted by Gasteiger charge is -2.09. The minimum absolute atomic E-state index is 0.0957. The first-order valence-electron chi connectivity index (χ1n) is 3.42. The van der Waals surface area contributed by atoms with E-state index in [1.165, 1.54) is 7.11 Å². The van der Waals surface area contributed by atoms with Gasteiger partial charge in [-0.1, -0.05) is 0 Å². The van der Waals surface area contributed by atoms with Gasteiger partial charge >= 0.3 is 0 Å². The molecule has 0 atom stereocenters. The molecule has 0 aromatic heterocycles. The zero-order chi connectivity index (χ0) is 9.14. The third kappa shape index (κ3) is 1.61. The van der Waals surface area contributed by atoms with Crippen LogP contribution in [-0.4, -0.2) is 12.0 Å². The van der Waals surface area contributed by atoms with E-state index in [1.807, 2.05) is 0 Å². The molecule has 0 fully saturated rings. The van der Waals surface area contributed by atoms with Gasteiger partial charge in [-0.3, -0.25) is 10.1 Å². The Bertz CT molecular complexity index is 270. The molecule has 0 heterocycles. The summed E-state index contributed by atoms with van der Waals surface area (Å²) in [6.07, 6.45) is 1.54. The third-order valence-corrected chi connectivity index (χ3v) is 1.65. The van der Waals surface area contributed by atoms with E-state index in [0.717, 1.165) is 6.08 Å². The highest BCUT2D eigenvalue weighted by atomic mass is 19.1. The van der Waals surface area contributed by atoms with Crippen LogP contribution in [0, 0.1) is 10.1 Å². The minimum atomic E-state index is -0.803. The Balaban J connectivity index is 2.90. The quantitative estimate of drug-likeness (QED) is 0.472. The smallest absolute Gasteiger partial charge is 0.282 e. The number of allylic oxidation sites excluding steroid dienone is 4. The second-order valence-electron chi connectivity index (χ2n) is 2.37. The predicted octanol–water partition coefficient (Wildman–Crippen LogP) is 1.77. The van der Waals surface area contributed by atoms with E-state index in [-0.39, 0.29) is 12.1 Å². The maximum atomic E-state index is 12.8. The zero-order valence-corrected chi connectivity index (χ0v) is 6.54. The zero-order valence-electron chi connectivity index (χ0n) is 6.54. The average molecular weight is 173 g/mol. The summed E-state index contributed by atoms with van der Waals surface area (Å²) in [6, 6.07) is 0. The number of nitrogens with zero attached hydrogens (tertiary/aromatic N) is 1. The molecular formula is C7H8FNO3. The fourth-order valence-corrected chi connectivity index (χ4v) is 0.997. The maximum absolute atomic E-state index is 12.8. The fraction of sp³-hybridized carbons (Fsp3) is 0.429. The fourth-order valence-electron chi connectivity index (χ4n) is 0.997. The molecule has 0 saturated carbocycles. The summed E-state index contributed by atoms with van der Waals surface area (Å²) in [5.74, 6) is -0.360. The van der Waals surface area contributed by atoms with Crippen LogP contribution in [-0.2, 0) is 4.74 Å². The van der Waals surface area contributed by atoms with E-state index in [1.54, 1.807) is 0 Å². The summed E-state index contributed by atoms with van der Waals surface area (Å²) >= 11 is 0. The topological polar surface area (TPSA) is 52.4 Å². The van der Waals surface area contributed by atoms with E-state index < -0.39 is 10.8 Å². The predicted molar refractivity (Wildman–Crippen MR) is 39.5 cm³/mol. The number of hydrogen-bond donors (Lipinski definition) is 0. The largest absolute Gasteiger partial charge is 0.501 e. The van der Waals surface area contributed by atoms with Gasteiger partial charge in [0.2, 0.25) is 0 Å². The lowest BCUT2D eigenvalue weighted by atomic mass is 10.1. The first-order chi connectivity index (χ1) is 5.65. The molecule has 0 N–H and O–H groups in total. The van der Waals surface area contributed by atoms with Crippen LogP contribution < -0.4 is 0 Å². The van der Waals surface area contributed by atoms with Gasteiger partial charge in [0, 0.05) is 18.9 Å². The standard InChI is InChI=1S/C7H8FNO3/c1-12-5-2-3-7(9(10)11)6(8)4-5/h4H,2-3H2,1H3. The van der Waals surface area contributed by atoms with Gasteiger partial charge in [-0.15, -0.1) is 0 Å². The van der Waals surface area contributed by atoms with Crippen LogP contribution in [0.3, 0.4) is 0 Å². The summed E-state index contributed by atoms with van der Waals surface area (Å²) < 4.78 is 17.6. The highest BCUT2D eigenvalue weighted by molar-refractivity contribution is 5.22. The maximum Gasteiger partial charge on any atom is 0.282 e. The van der Waals surface area contributed by atoms with Crippen molar-refractivity contribution >= 4 is 0 Å². The van der Waals surface area contributed by atoms with Crippen molar-refractivity contribution in [2.75, 3.05) is 7.11 Å². The molecular weight excluding hydrogens is 165 g/mol. The average Bonchev–Trinajstić information content (AvgIpc) is 2.03. The van der Waals surface area contributed by atoms with Crippen molar-refractivity contribution in [1.29, 1.82) is 0 Å². The summed E-state index contributed by atoms with van der Waals surface area (Å²) in [5.41, 5.74) is -0.365. The molecule has 4 nitrogen and oxygen atoms in total. The Morgan fingerprint density at radius 2 is 2.33 bits per heavy atom. The molecule has 1 rings (SSSR count). The van der Waals surface area contributed by atoms with Crippen LogP contribution >= 0.6 is 0 Å². The molecule has 0 spiro atoms. The van der Waals surface area contributed by atoms with E-state index in [0.29, 0.717) is 12.2 Å². The Morgan fingerprint density at radius 1 is 1.67 bits per heavy atom. The molecule has 0 aliphatic heterocycles. The number of rotatable bonds is 2. The molecule has 66 valence electrons. The molecule has 5 heteroatoms. The van der Waals surface area contributed by atoms with Gasteiger partial charge in [-0.2, -0.15) is 4.39 Å². The molecule has 0 unspecified atom stereocenters. The second-order valence-corrected chi connectivity index (χ2v) is 2.37. The molecule has 0 amide bonds. The molecule has 0 saturated heterocycles. The van der Waals surface area contributed by atoms with E-state index in [2.05, 4.69) is 0 Å². The van der Waals surface area contributed by atoms with Crippen molar-refractivity contribution < 1.29 is 14.1 Å². The van der Waals surface area contributed by atoms with Gasteiger partial charge in [0.05, 0.1) is 17.8 Å². The summed E-state index contributed by atoms with van der Waals surface area (Å²) in [7, 11) is 1.41. The number of ether oxygens (including phenoxy) is 1. The van der Waals surface area contributed by atoms with Gasteiger partial charge in [0.15, 0.2) is 5.83 Å². The van der Waals surface area contributed by atoms with Gasteiger partial charge in [0.1, 0.15) is 0 Å². The van der Waals surface area contributed by atoms with Crippen molar-refractivity contribution in [3.05, 3.63) is 33.5 Å². The highest BCUT2D eigenvalue weighted by Gasteiger charge is 2.22. The second kappa shape index (κ2) is 3.34. The van der Waals surface area contributed by atoms with E-state index in [4.69, 9.17) is 4.74 Å². The van der Waals surface area contributed by atoms with Crippen molar-refractivity contribution in [2.45, 2.75) is 12.8 Å². The molecule has 0 aromatic rings. The minimum Gasteiger partial charge on any atom is -0.501 e. The van der Waals surface area contributed by atoms with Crippen molar-refractivity contribution in [1.82, 2.24) is 0 Å². The third-order valence-electron chi connectivity index (χ3n) is 1.65. The Kier molecular flexibility index (Phi) is 2.42. The molecule has 12 heavy (non-hydrogen) atoms. The normalized spacial score (nSPS) is 17.3. The number of methoxy groups -OCH3 is 1. The van der Waals surface area contributed by atoms with Gasteiger partial charge in [-0.05, 0) is 0 Å². The molecule has 1 aliphatic carbocycles. The lowest BCUT2D eigenvalue weighted by Crippen LogP contribution is -2.06. The highest BCUT2D eigenvalue weighted by Crippen LogP contribution is 2.25. The monoisotopic (exact) mass is 173 g/mol. The molecule has 1 aliphatic rings. The molecule has 0 bridgehead atoms. The van der Waals surface area contributed by atoms with Crippen molar-refractivity contribution in [3.8, 4) is 0 Å². The van der Waals surface area contributed by atoms with Crippen LogP contribution in [0.25, 0.3) is 0 Å². The van der Waals surface area contributed by atoms with Crippen LogP contribution in [0.5, 0.6) is 0 Å². The van der Waals surface area contributed by atoms with E-state index >= 15 is 0 Å². The Hall–Kier alpha value is -1.39. The van der Waals surface area contributed by atoms with E-state index in [9.17, 15) is 14.5 Å². The van der Waals surface area contributed by atoms with Crippen LogP contribution in [0.2, 0.25) is 0 Å². The first-order valence-corrected chi connectivity index (χ1v) is 3.42. The summed E-state index contributed by atoms with van der Waals surface area (Å²) in [5, 5.41) is 10.2. The molecule has 0 aromatic carbocycles. The summed E-state index contributed by atoms with van der Waals surface area (Å²) in [6.45, 7) is 0. The SMILES string of the molecule is COC1=CC(F)=C([N+](=O)[O-])CC1. The number of nitro groups is 1. The van der Waals surface area contributed by atoms with Gasteiger partial charge in [-0.25, -0.2) is 0 Å².